The minimum Gasteiger partial charge on any atom is -0.230 e. The lowest BCUT2D eigenvalue weighted by molar-refractivity contribution is -0.600. The highest BCUT2D eigenvalue weighted by Gasteiger charge is 2.30. The summed E-state index contributed by atoms with van der Waals surface area (Å²) in [7, 11) is -3.45. The van der Waals surface area contributed by atoms with Crippen molar-refractivity contribution in [2.75, 3.05) is 5.75 Å². The Morgan fingerprint density at radius 3 is 2.20 bits per heavy atom. The first-order valence-electron chi connectivity index (χ1n) is 4.65. The smallest absolute Gasteiger partial charge is 0.230 e. The Labute approximate surface area is 89.6 Å². The van der Waals surface area contributed by atoms with Gasteiger partial charge in [0.05, 0.1) is 12.7 Å². The molecule has 1 aromatic carbocycles. The van der Waals surface area contributed by atoms with E-state index < -0.39 is 15.9 Å². The van der Waals surface area contributed by atoms with E-state index in [9.17, 15) is 13.2 Å². The zero-order valence-electron chi connectivity index (χ0n) is 8.73. The van der Waals surface area contributed by atoms with Crippen LogP contribution in [0, 0.1) is 0 Å². The predicted molar refractivity (Wildman–Crippen MR) is 57.2 cm³/mol. The normalized spacial score (nSPS) is 13.5. The van der Waals surface area contributed by atoms with E-state index in [1.165, 1.54) is 13.8 Å². The van der Waals surface area contributed by atoms with Crippen LogP contribution in [0.2, 0.25) is 0 Å². The molecule has 1 rings (SSSR count). The van der Waals surface area contributed by atoms with E-state index in [1.807, 2.05) is 0 Å². The molecule has 0 heterocycles. The molecular weight excluding hydrogens is 214 g/mol. The molecule has 0 aliphatic rings. The van der Waals surface area contributed by atoms with Crippen LogP contribution in [0.25, 0.3) is 0 Å². The van der Waals surface area contributed by atoms with Crippen LogP contribution in [0.1, 0.15) is 13.8 Å². The molecule has 0 bridgehead atoms. The first kappa shape index (κ1) is 11.9. The van der Waals surface area contributed by atoms with Crippen LogP contribution in [-0.4, -0.2) is 20.1 Å². The second-order valence-electron chi connectivity index (χ2n) is 3.15. The van der Waals surface area contributed by atoms with Gasteiger partial charge in [-0.3, -0.25) is 0 Å². The first-order valence-corrected chi connectivity index (χ1v) is 6.30. The summed E-state index contributed by atoms with van der Waals surface area (Å²) in [4.78, 5) is 11.3. The number of sulfonamides is 1. The van der Waals surface area contributed by atoms with E-state index in [2.05, 4.69) is 0 Å². The Hall–Kier alpha value is -1.20. The molecule has 1 atom stereocenters. The summed E-state index contributed by atoms with van der Waals surface area (Å²) >= 11 is 0. The van der Waals surface area contributed by atoms with Gasteiger partial charge in [-0.05, 0) is 6.92 Å². The van der Waals surface area contributed by atoms with Crippen molar-refractivity contribution >= 4 is 21.6 Å². The van der Waals surface area contributed by atoms with Gasteiger partial charge >= 0.3 is 15.9 Å². The molecule has 0 saturated carbocycles. The molecule has 82 valence electrons. The summed E-state index contributed by atoms with van der Waals surface area (Å²) < 4.78 is 23.3. The summed E-state index contributed by atoms with van der Waals surface area (Å²) in [6.07, 6.45) is 0. The second kappa shape index (κ2) is 4.55. The van der Waals surface area contributed by atoms with Crippen molar-refractivity contribution in [2.45, 2.75) is 13.8 Å². The van der Waals surface area contributed by atoms with E-state index in [0.717, 1.165) is 0 Å². The van der Waals surface area contributed by atoms with Crippen molar-refractivity contribution in [1.29, 1.82) is 0 Å². The summed E-state index contributed by atoms with van der Waals surface area (Å²) in [5.74, 6) is -0.473. The molecule has 0 aliphatic carbocycles. The minimum absolute atomic E-state index is 0.0587. The third-order valence-corrected chi connectivity index (χ3v) is 3.95. The lowest BCUT2D eigenvalue weighted by atomic mass is 10.3. The van der Waals surface area contributed by atoms with Gasteiger partial charge in [-0.2, -0.15) is 8.42 Å². The van der Waals surface area contributed by atoms with Crippen LogP contribution >= 0.6 is 0 Å². The van der Waals surface area contributed by atoms with E-state index in [-0.39, 0.29) is 10.1 Å². The van der Waals surface area contributed by atoms with Gasteiger partial charge in [0.15, 0.2) is 5.69 Å². The van der Waals surface area contributed by atoms with Gasteiger partial charge in [0.25, 0.3) is 0 Å². The zero-order chi connectivity index (χ0) is 11.5. The van der Waals surface area contributed by atoms with E-state index in [0.29, 0.717) is 5.69 Å². The second-order valence-corrected chi connectivity index (χ2v) is 5.37. The number of amides is 1. The number of benzene rings is 1. The molecule has 0 aromatic heterocycles. The number of nitrogens with one attached hydrogen (secondary N) is 1. The molecule has 1 unspecified atom stereocenters. The van der Waals surface area contributed by atoms with Gasteiger partial charge < -0.3 is 0 Å². The number of para-hydroxylation sites is 1. The third-order valence-electron chi connectivity index (χ3n) is 2.05. The molecule has 0 spiro atoms. The number of rotatable bonds is 3. The first-order chi connectivity index (χ1) is 6.99. The Morgan fingerprint density at radius 1 is 1.27 bits per heavy atom. The van der Waals surface area contributed by atoms with E-state index in [1.54, 1.807) is 30.3 Å². The highest BCUT2D eigenvalue weighted by Crippen LogP contribution is 2.00. The average Bonchev–Trinajstić information content (AvgIpc) is 2.18. The Balaban J connectivity index is 3.23. The molecular formula is C10H14NO3S+. The van der Waals surface area contributed by atoms with Crippen LogP contribution in [0.3, 0.4) is 0 Å². The molecule has 0 aliphatic heterocycles. The maximum Gasteiger partial charge on any atom is 0.329 e. The quantitative estimate of drug-likeness (QED) is 0.798. The van der Waals surface area contributed by atoms with Crippen LogP contribution in [0.5, 0.6) is 0 Å². The largest absolute Gasteiger partial charge is 0.329 e. The fraction of sp³-hybridized carbons (Fsp3) is 0.300. The fourth-order valence-corrected chi connectivity index (χ4v) is 2.56. The van der Waals surface area contributed by atoms with Crippen LogP contribution in [-0.2, 0) is 14.8 Å². The molecule has 0 fully saturated rings. The van der Waals surface area contributed by atoms with Crippen LogP contribution in [0.4, 0.5) is 5.69 Å². The third kappa shape index (κ3) is 2.64. The standard InChI is InChI=1S/C10H13NO3S/c1-3-15(13,14)11(9(2)12)10-7-5-4-6-8-10/h4-8H,3H2,1-2H3/p+1. The highest BCUT2D eigenvalue weighted by atomic mass is 32.2. The minimum atomic E-state index is -3.45. The Bertz CT molecular complexity index is 439. The summed E-state index contributed by atoms with van der Waals surface area (Å²) in [5.41, 5.74) is 0.465. The topological polar surface area (TPSA) is 55.6 Å². The van der Waals surface area contributed by atoms with Crippen LogP contribution in [0.15, 0.2) is 30.3 Å². The molecule has 15 heavy (non-hydrogen) atoms. The molecule has 5 heteroatoms. The lowest BCUT2D eigenvalue weighted by Crippen LogP contribution is -3.11. The Kier molecular flexibility index (Phi) is 3.60. The van der Waals surface area contributed by atoms with Gasteiger partial charge in [0.1, 0.15) is 0 Å². The highest BCUT2D eigenvalue weighted by molar-refractivity contribution is 7.85. The van der Waals surface area contributed by atoms with Crippen molar-refractivity contribution < 1.29 is 17.5 Å². The number of carbonyl (C=O) groups excluding carboxylic acids is 1. The van der Waals surface area contributed by atoms with Gasteiger partial charge in [-0.25, -0.2) is 4.79 Å². The molecule has 1 aromatic rings. The molecule has 1 N–H and O–H groups in total. The average molecular weight is 228 g/mol. The number of hydrogen-bond donors (Lipinski definition) is 1. The van der Waals surface area contributed by atoms with Crippen molar-refractivity contribution in [1.82, 2.24) is 0 Å². The van der Waals surface area contributed by atoms with Crippen molar-refractivity contribution in [2.24, 2.45) is 0 Å². The van der Waals surface area contributed by atoms with E-state index in [4.69, 9.17) is 0 Å². The SMILES string of the molecule is CCS(=O)(=O)[NH+](C(C)=O)c1ccccc1. The fourth-order valence-electron chi connectivity index (χ4n) is 1.34. The van der Waals surface area contributed by atoms with Gasteiger partial charge in [-0.15, -0.1) is 4.31 Å². The monoisotopic (exact) mass is 228 g/mol. The number of quaternary nitrogens is 1. The molecule has 0 radical (unpaired) electrons. The summed E-state index contributed by atoms with van der Waals surface area (Å²) in [6.45, 7) is 2.80. The van der Waals surface area contributed by atoms with Gasteiger partial charge in [0, 0.05) is 12.1 Å². The molecule has 4 nitrogen and oxygen atoms in total. The Morgan fingerprint density at radius 2 is 1.80 bits per heavy atom. The number of carbonyl (C=O) groups is 1. The van der Waals surface area contributed by atoms with Gasteiger partial charge in [0.2, 0.25) is 0 Å². The summed E-state index contributed by atoms with van der Waals surface area (Å²) in [5, 5.41) is 0. The van der Waals surface area contributed by atoms with Crippen molar-refractivity contribution in [3.8, 4) is 0 Å². The van der Waals surface area contributed by atoms with Crippen molar-refractivity contribution in [3.05, 3.63) is 30.3 Å². The van der Waals surface area contributed by atoms with Crippen LogP contribution < -0.4 is 4.31 Å². The maximum atomic E-state index is 11.7. The lowest BCUT2D eigenvalue weighted by Gasteiger charge is -2.13. The zero-order valence-corrected chi connectivity index (χ0v) is 9.54. The summed E-state index contributed by atoms with van der Waals surface area (Å²) in [6, 6.07) is 8.46. The van der Waals surface area contributed by atoms with Crippen molar-refractivity contribution in [3.63, 3.8) is 0 Å². The van der Waals surface area contributed by atoms with E-state index >= 15 is 0 Å². The maximum absolute atomic E-state index is 11.7. The predicted octanol–water partition coefficient (Wildman–Crippen LogP) is 0.0992. The number of hydrogen-bond acceptors (Lipinski definition) is 3. The molecule has 0 saturated heterocycles. The molecule has 1 amide bonds. The van der Waals surface area contributed by atoms with Gasteiger partial charge in [-0.1, -0.05) is 18.2 Å².